The molecule has 2 unspecified atom stereocenters. The van der Waals surface area contributed by atoms with Gasteiger partial charge in [-0.2, -0.15) is 12.6 Å². The molecule has 0 radical (unpaired) electrons. The van der Waals surface area contributed by atoms with Gasteiger partial charge in [-0.05, 0) is 5.75 Å². The van der Waals surface area contributed by atoms with E-state index >= 15 is 0 Å². The summed E-state index contributed by atoms with van der Waals surface area (Å²) in [7, 11) is -8.01. The summed E-state index contributed by atoms with van der Waals surface area (Å²) in [5.41, 5.74) is 0. The SMILES string of the molecule is O[PH](O)(O)C(S)CCCCC(S)[PH](O)(O)OCCCCCCCCCCCCS. The molecular weight excluding hydrogens is 470 g/mol. The summed E-state index contributed by atoms with van der Waals surface area (Å²) in [5, 5.41) is 0. The van der Waals surface area contributed by atoms with Crippen LogP contribution >= 0.6 is 53.8 Å². The predicted octanol–water partition coefficient (Wildman–Crippen LogP) is 4.86. The summed E-state index contributed by atoms with van der Waals surface area (Å²) in [5.74, 6) is 0.986. The first kappa shape index (κ1) is 30.7. The number of rotatable bonds is 20. The molecule has 0 amide bonds. The van der Waals surface area contributed by atoms with E-state index in [1.54, 1.807) is 0 Å². The first-order chi connectivity index (χ1) is 13.6. The van der Waals surface area contributed by atoms with Gasteiger partial charge in [0.15, 0.2) is 0 Å². The van der Waals surface area contributed by atoms with Crippen molar-refractivity contribution in [3.05, 3.63) is 0 Å². The summed E-state index contributed by atoms with van der Waals surface area (Å²) < 4.78 is 5.35. The van der Waals surface area contributed by atoms with E-state index in [0.717, 1.165) is 25.0 Å². The van der Waals surface area contributed by atoms with Crippen molar-refractivity contribution in [2.24, 2.45) is 0 Å². The van der Waals surface area contributed by atoms with Crippen LogP contribution in [0.1, 0.15) is 89.9 Å². The van der Waals surface area contributed by atoms with Gasteiger partial charge in [-0.25, -0.2) is 0 Å². The zero-order valence-corrected chi connectivity index (χ0v) is 22.1. The summed E-state index contributed by atoms with van der Waals surface area (Å²) in [6.45, 7) is 0.340. The third kappa shape index (κ3) is 17.9. The molecule has 0 saturated heterocycles. The molecule has 5 N–H and O–H groups in total. The fourth-order valence-electron chi connectivity index (χ4n) is 3.00. The van der Waals surface area contributed by atoms with Crippen LogP contribution in [-0.4, -0.2) is 46.8 Å². The Balaban J connectivity index is 3.64. The molecule has 0 heterocycles. The van der Waals surface area contributed by atoms with Gasteiger partial charge in [0, 0.05) is 0 Å². The van der Waals surface area contributed by atoms with Gasteiger partial charge in [-0.3, -0.25) is 0 Å². The van der Waals surface area contributed by atoms with E-state index in [2.05, 4.69) is 37.9 Å². The second kappa shape index (κ2) is 18.1. The zero-order valence-electron chi connectivity index (χ0n) is 17.5. The van der Waals surface area contributed by atoms with Crippen molar-refractivity contribution in [3.8, 4) is 0 Å². The fourth-order valence-corrected chi connectivity index (χ4v) is 5.62. The van der Waals surface area contributed by atoms with E-state index < -0.39 is 25.9 Å². The minimum Gasteiger partial charge on any atom is -0.179 e. The smallest absolute Gasteiger partial charge is 0.179 e. The summed E-state index contributed by atoms with van der Waals surface area (Å²) in [4.78, 5) is 46.2. The first-order valence-corrected chi connectivity index (χ1v) is 16.3. The van der Waals surface area contributed by atoms with Crippen LogP contribution in [0.25, 0.3) is 0 Å². The standard InChI is InChI=1S/C18H44O6P2S3/c19-25(20,21)17(28)13-9-10-14-18(29)26(22,23)24-15-11-7-5-3-1-2-4-6-8-12-16-27/h17-23,25-29H,1-16H2. The van der Waals surface area contributed by atoms with Crippen LogP contribution in [0.15, 0.2) is 0 Å². The molecule has 0 bridgehead atoms. The van der Waals surface area contributed by atoms with Gasteiger partial charge >= 0.3 is 177 Å². The van der Waals surface area contributed by atoms with Crippen molar-refractivity contribution in [2.45, 2.75) is 99.9 Å². The maximum atomic E-state index is 10.1. The number of hydrogen-bond acceptors (Lipinski definition) is 9. The third-order valence-electron chi connectivity index (χ3n) is 4.95. The van der Waals surface area contributed by atoms with Crippen molar-refractivity contribution in [3.63, 3.8) is 0 Å². The Hall–Kier alpha value is 1.67. The van der Waals surface area contributed by atoms with E-state index in [1.165, 1.54) is 44.9 Å². The molecular formula is C18H44O6P2S3. The van der Waals surface area contributed by atoms with Gasteiger partial charge in [0.2, 0.25) is 0 Å². The molecule has 0 saturated carbocycles. The van der Waals surface area contributed by atoms with Crippen LogP contribution in [0.5, 0.6) is 0 Å². The normalized spacial score (nSPS) is 16.0. The molecule has 0 aromatic carbocycles. The minimum absolute atomic E-state index is 0.340. The molecule has 2 atom stereocenters. The molecule has 0 rings (SSSR count). The Morgan fingerprint density at radius 2 is 1.00 bits per heavy atom. The maximum absolute atomic E-state index is 10.1. The fraction of sp³-hybridized carbons (Fsp3) is 1.00. The van der Waals surface area contributed by atoms with Gasteiger partial charge in [0.05, 0.1) is 0 Å². The van der Waals surface area contributed by atoms with Crippen LogP contribution in [0.3, 0.4) is 0 Å². The van der Waals surface area contributed by atoms with Gasteiger partial charge in [-0.1, -0.05) is 0 Å². The monoisotopic (exact) mass is 514 g/mol. The van der Waals surface area contributed by atoms with Gasteiger partial charge < -0.3 is 0 Å². The average molecular weight is 515 g/mol. The molecule has 0 spiro atoms. The Kier molecular flexibility index (Phi) is 19.2. The van der Waals surface area contributed by atoms with Crippen LogP contribution in [-0.2, 0) is 4.52 Å². The van der Waals surface area contributed by atoms with Crippen molar-refractivity contribution < 1.29 is 29.0 Å². The topological polar surface area (TPSA) is 110 Å². The van der Waals surface area contributed by atoms with Crippen molar-refractivity contribution in [1.29, 1.82) is 0 Å². The molecule has 0 aliphatic carbocycles. The molecule has 180 valence electrons. The Morgan fingerprint density at radius 3 is 1.45 bits per heavy atom. The number of hydrogen-bond donors (Lipinski definition) is 8. The molecule has 29 heavy (non-hydrogen) atoms. The molecule has 0 aliphatic heterocycles. The van der Waals surface area contributed by atoms with Crippen LogP contribution in [0.4, 0.5) is 0 Å². The molecule has 0 aromatic heterocycles. The van der Waals surface area contributed by atoms with Crippen molar-refractivity contribution >= 4 is 53.8 Å². The number of unbranched alkanes of at least 4 members (excludes halogenated alkanes) is 10. The van der Waals surface area contributed by atoms with E-state index in [9.17, 15) is 9.79 Å². The summed E-state index contributed by atoms with van der Waals surface area (Å²) >= 11 is 12.5. The molecule has 0 aliphatic rings. The second-order valence-electron chi connectivity index (χ2n) is 7.77. The van der Waals surface area contributed by atoms with E-state index in [4.69, 9.17) is 19.2 Å². The molecule has 0 aromatic rings. The van der Waals surface area contributed by atoms with Crippen LogP contribution < -0.4 is 0 Å². The quantitative estimate of drug-likeness (QED) is 0.0670. The third-order valence-corrected chi connectivity index (χ3v) is 10.8. The zero-order chi connectivity index (χ0) is 22.2. The van der Waals surface area contributed by atoms with Crippen LogP contribution in [0, 0.1) is 0 Å². The van der Waals surface area contributed by atoms with Crippen molar-refractivity contribution in [1.82, 2.24) is 0 Å². The molecule has 11 heteroatoms. The average Bonchev–Trinajstić information content (AvgIpc) is 2.64. The summed E-state index contributed by atoms with van der Waals surface area (Å²) in [6.07, 6.45) is 13.9. The van der Waals surface area contributed by atoms with E-state index in [1.807, 2.05) is 0 Å². The predicted molar refractivity (Wildman–Crippen MR) is 138 cm³/mol. The van der Waals surface area contributed by atoms with E-state index in [-0.39, 0.29) is 0 Å². The number of thiol groups is 3. The van der Waals surface area contributed by atoms with Crippen molar-refractivity contribution in [2.75, 3.05) is 12.4 Å². The van der Waals surface area contributed by atoms with Gasteiger partial charge in [-0.15, -0.1) is 0 Å². The molecule has 6 nitrogen and oxygen atoms in total. The van der Waals surface area contributed by atoms with Gasteiger partial charge in [0.1, 0.15) is 0 Å². The van der Waals surface area contributed by atoms with Gasteiger partial charge in [0.25, 0.3) is 0 Å². The minimum atomic E-state index is -4.19. The Bertz CT molecular complexity index is 389. The molecule has 0 fully saturated rings. The second-order valence-corrected chi connectivity index (χ2v) is 14.8. The summed E-state index contributed by atoms with van der Waals surface area (Å²) in [6, 6.07) is 0. The van der Waals surface area contributed by atoms with E-state index in [0.29, 0.717) is 32.3 Å². The Labute approximate surface area is 194 Å². The Morgan fingerprint density at radius 1 is 0.586 bits per heavy atom. The van der Waals surface area contributed by atoms with Crippen LogP contribution in [0.2, 0.25) is 0 Å². The first-order valence-electron chi connectivity index (χ1n) is 10.8.